The summed E-state index contributed by atoms with van der Waals surface area (Å²) in [6.07, 6.45) is 1.62. The number of nitrogens with zero attached hydrogens (tertiary/aromatic N) is 1. The maximum absolute atomic E-state index is 11.5. The number of benzene rings is 1. The van der Waals surface area contributed by atoms with Gasteiger partial charge in [-0.05, 0) is 24.1 Å². The van der Waals surface area contributed by atoms with E-state index in [9.17, 15) is 14.7 Å². The first kappa shape index (κ1) is 13.8. The lowest BCUT2D eigenvalue weighted by molar-refractivity contribution is -0.255. The third kappa shape index (κ3) is 3.44. The molecule has 2 aromatic rings. The Hall–Kier alpha value is -2.63. The van der Waals surface area contributed by atoms with E-state index < -0.39 is 5.97 Å². The van der Waals surface area contributed by atoms with Crippen LogP contribution in [0.15, 0.2) is 35.1 Å². The fourth-order valence-electron chi connectivity index (χ4n) is 1.78. The number of carbonyl (C=O) groups is 1. The smallest absolute Gasteiger partial charge is 0.252 e. The lowest BCUT2D eigenvalue weighted by Gasteiger charge is -2.08. The summed E-state index contributed by atoms with van der Waals surface area (Å²) >= 11 is 0. The molecule has 0 amide bonds. The summed E-state index contributed by atoms with van der Waals surface area (Å²) in [4.78, 5) is 29.0. The van der Waals surface area contributed by atoms with Crippen LogP contribution in [0, 0.1) is 0 Å². The highest BCUT2D eigenvalue weighted by Gasteiger charge is 2.02. The summed E-state index contributed by atoms with van der Waals surface area (Å²) in [6.45, 7) is 2.01. The average molecular weight is 272 g/mol. The topological polar surface area (TPSA) is 97.9 Å². The van der Waals surface area contributed by atoms with E-state index in [-0.39, 0.29) is 11.1 Å². The molecule has 0 unspecified atom stereocenters. The first-order valence-corrected chi connectivity index (χ1v) is 6.27. The number of aryl methyl sites for hydroxylation is 1. The molecule has 0 fully saturated rings. The number of carboxylic acids is 1. The number of aromatic nitrogens is 2. The highest BCUT2D eigenvalue weighted by atomic mass is 16.4. The molecule has 0 atom stereocenters. The van der Waals surface area contributed by atoms with Crippen molar-refractivity contribution < 1.29 is 9.90 Å². The van der Waals surface area contributed by atoms with Crippen molar-refractivity contribution in [2.45, 2.75) is 19.8 Å². The maximum atomic E-state index is 11.5. The van der Waals surface area contributed by atoms with E-state index in [0.717, 1.165) is 12.8 Å². The van der Waals surface area contributed by atoms with Crippen LogP contribution in [0.1, 0.15) is 29.4 Å². The first-order valence-electron chi connectivity index (χ1n) is 6.27. The molecule has 0 saturated carbocycles. The summed E-state index contributed by atoms with van der Waals surface area (Å²) in [6, 6.07) is 7.47. The predicted molar refractivity (Wildman–Crippen MR) is 72.9 cm³/mol. The summed E-state index contributed by atoms with van der Waals surface area (Å²) < 4.78 is 0. The van der Waals surface area contributed by atoms with E-state index in [4.69, 9.17) is 0 Å². The van der Waals surface area contributed by atoms with Crippen LogP contribution in [0.3, 0.4) is 0 Å². The Kier molecular flexibility index (Phi) is 4.14. The Balaban J connectivity index is 2.20. The Bertz CT molecular complexity index is 662. The number of carboxylic acid groups (broad SMARTS) is 1. The summed E-state index contributed by atoms with van der Waals surface area (Å²) in [5.74, 6) is -0.893. The van der Waals surface area contributed by atoms with Gasteiger partial charge in [0.15, 0.2) is 0 Å². The van der Waals surface area contributed by atoms with Crippen LogP contribution >= 0.6 is 0 Å². The molecule has 2 N–H and O–H groups in total. The summed E-state index contributed by atoms with van der Waals surface area (Å²) in [5.41, 5.74) is 1.21. The molecule has 1 heterocycles. The number of carbonyl (C=O) groups excluding carboxylic acids is 1. The van der Waals surface area contributed by atoms with E-state index in [0.29, 0.717) is 17.3 Å². The molecule has 0 spiro atoms. The quantitative estimate of drug-likeness (QED) is 0.840. The summed E-state index contributed by atoms with van der Waals surface area (Å²) in [5, 5.41) is 13.6. The van der Waals surface area contributed by atoms with Crippen LogP contribution in [0.2, 0.25) is 0 Å². The molecule has 6 nitrogen and oxygen atoms in total. The van der Waals surface area contributed by atoms with E-state index in [1.54, 1.807) is 12.1 Å². The van der Waals surface area contributed by atoms with E-state index >= 15 is 0 Å². The third-order valence-corrected chi connectivity index (χ3v) is 2.68. The summed E-state index contributed by atoms with van der Waals surface area (Å²) in [7, 11) is 0. The number of rotatable bonds is 5. The molecule has 0 aliphatic carbocycles. The normalized spacial score (nSPS) is 10.2. The fraction of sp³-hybridized carbons (Fsp3) is 0.214. The Morgan fingerprint density at radius 3 is 2.65 bits per heavy atom. The Morgan fingerprint density at radius 1 is 1.35 bits per heavy atom. The van der Waals surface area contributed by atoms with Crippen LogP contribution in [0.5, 0.6) is 0 Å². The molecule has 0 aliphatic rings. The van der Waals surface area contributed by atoms with Gasteiger partial charge in [0, 0.05) is 17.4 Å². The molecule has 0 aliphatic heterocycles. The molecular formula is C14H14N3O3-. The van der Waals surface area contributed by atoms with Crippen molar-refractivity contribution >= 4 is 17.6 Å². The number of aromatic carboxylic acids is 1. The van der Waals surface area contributed by atoms with Crippen LogP contribution < -0.4 is 16.0 Å². The van der Waals surface area contributed by atoms with E-state index in [1.807, 2.05) is 6.92 Å². The highest BCUT2D eigenvalue weighted by molar-refractivity contribution is 5.86. The highest BCUT2D eigenvalue weighted by Crippen LogP contribution is 2.13. The minimum atomic E-state index is -1.23. The molecule has 6 heteroatoms. The monoisotopic (exact) mass is 272 g/mol. The lowest BCUT2D eigenvalue weighted by atomic mass is 10.2. The standard InChI is InChI=1S/C14H15N3O3/c1-2-3-11-8-12(18)17-14(16-11)15-10-6-4-9(5-7-10)13(19)20/h4-8H,2-3H2,1H3,(H,19,20)(H2,15,16,17,18)/p-1. The van der Waals surface area contributed by atoms with E-state index in [1.165, 1.54) is 18.2 Å². The first-order chi connectivity index (χ1) is 9.58. The van der Waals surface area contributed by atoms with Crippen LogP contribution in [-0.2, 0) is 6.42 Å². The second kappa shape index (κ2) is 6.01. The molecule has 104 valence electrons. The molecule has 0 bridgehead atoms. The Labute approximate surface area is 115 Å². The zero-order chi connectivity index (χ0) is 14.5. The van der Waals surface area contributed by atoms with E-state index in [2.05, 4.69) is 15.3 Å². The number of hydrogen-bond donors (Lipinski definition) is 2. The fourth-order valence-corrected chi connectivity index (χ4v) is 1.78. The minimum absolute atomic E-state index is 0.0942. The van der Waals surface area contributed by atoms with Crippen LogP contribution in [-0.4, -0.2) is 15.9 Å². The van der Waals surface area contributed by atoms with Gasteiger partial charge in [0.1, 0.15) is 0 Å². The van der Waals surface area contributed by atoms with Gasteiger partial charge in [0.05, 0.1) is 5.97 Å². The SMILES string of the molecule is CCCc1cc(=O)[nH]c(Nc2ccc(C(=O)[O-])cc2)n1. The molecule has 0 saturated heterocycles. The van der Waals surface area contributed by atoms with Crippen molar-refractivity contribution in [2.75, 3.05) is 5.32 Å². The van der Waals surface area contributed by atoms with Crippen molar-refractivity contribution in [1.29, 1.82) is 0 Å². The maximum Gasteiger partial charge on any atom is 0.252 e. The second-order valence-electron chi connectivity index (χ2n) is 4.33. The van der Waals surface area contributed by atoms with Gasteiger partial charge in [0.2, 0.25) is 5.95 Å². The molecular weight excluding hydrogens is 258 g/mol. The average Bonchev–Trinajstić information content (AvgIpc) is 2.39. The van der Waals surface area contributed by atoms with Gasteiger partial charge in [-0.2, -0.15) is 0 Å². The molecule has 0 radical (unpaired) electrons. The zero-order valence-electron chi connectivity index (χ0n) is 11.0. The number of anilines is 2. The third-order valence-electron chi connectivity index (χ3n) is 2.68. The van der Waals surface area contributed by atoms with Crippen molar-refractivity contribution in [3.8, 4) is 0 Å². The Morgan fingerprint density at radius 2 is 2.05 bits per heavy atom. The molecule has 1 aromatic heterocycles. The molecule has 1 aromatic carbocycles. The number of nitrogens with one attached hydrogen (secondary N) is 2. The number of H-pyrrole nitrogens is 1. The van der Waals surface area contributed by atoms with Gasteiger partial charge < -0.3 is 15.2 Å². The lowest BCUT2D eigenvalue weighted by Crippen LogP contribution is -2.21. The van der Waals surface area contributed by atoms with Crippen molar-refractivity contribution in [3.05, 3.63) is 51.9 Å². The van der Waals surface area contributed by atoms with Crippen molar-refractivity contribution in [2.24, 2.45) is 0 Å². The second-order valence-corrected chi connectivity index (χ2v) is 4.33. The zero-order valence-corrected chi connectivity index (χ0v) is 11.0. The van der Waals surface area contributed by atoms with Gasteiger partial charge in [-0.15, -0.1) is 0 Å². The molecule has 20 heavy (non-hydrogen) atoms. The number of aromatic amines is 1. The minimum Gasteiger partial charge on any atom is -0.545 e. The van der Waals surface area contributed by atoms with Gasteiger partial charge in [-0.25, -0.2) is 4.98 Å². The van der Waals surface area contributed by atoms with Gasteiger partial charge in [0.25, 0.3) is 5.56 Å². The van der Waals surface area contributed by atoms with Crippen molar-refractivity contribution in [3.63, 3.8) is 0 Å². The predicted octanol–water partition coefficient (Wildman–Crippen LogP) is 0.829. The number of hydrogen-bond acceptors (Lipinski definition) is 5. The largest absolute Gasteiger partial charge is 0.545 e. The van der Waals surface area contributed by atoms with Gasteiger partial charge >= 0.3 is 0 Å². The van der Waals surface area contributed by atoms with Gasteiger partial charge in [-0.1, -0.05) is 25.5 Å². The van der Waals surface area contributed by atoms with Crippen molar-refractivity contribution in [1.82, 2.24) is 9.97 Å². The molecule has 2 rings (SSSR count). The van der Waals surface area contributed by atoms with Crippen LogP contribution in [0.4, 0.5) is 11.6 Å². The van der Waals surface area contributed by atoms with Crippen LogP contribution in [0.25, 0.3) is 0 Å². The van der Waals surface area contributed by atoms with Gasteiger partial charge in [-0.3, -0.25) is 9.78 Å².